The zero-order valence-corrected chi connectivity index (χ0v) is 11.9. The number of rotatable bonds is 4. The third-order valence-corrected chi connectivity index (χ3v) is 6.40. The summed E-state index contributed by atoms with van der Waals surface area (Å²) >= 11 is 6.99. The van der Waals surface area contributed by atoms with Gasteiger partial charge in [0.1, 0.15) is 0 Å². The number of thiophene rings is 2. The smallest absolute Gasteiger partial charge is 0.265 e. The molecule has 0 aliphatic heterocycles. The molecule has 2 heterocycles. The highest BCUT2D eigenvalue weighted by molar-refractivity contribution is 8.01. The summed E-state index contributed by atoms with van der Waals surface area (Å²) in [6, 6.07) is 8.59. The van der Waals surface area contributed by atoms with E-state index in [2.05, 4.69) is 35.4 Å². The molecular weight excluding hydrogens is 274 g/mol. The van der Waals surface area contributed by atoms with E-state index in [0.29, 0.717) is 5.88 Å². The van der Waals surface area contributed by atoms with E-state index in [-0.39, 0.29) is 0 Å². The Kier molecular flexibility index (Phi) is 4.36. The van der Waals surface area contributed by atoms with E-state index >= 15 is 0 Å². The van der Waals surface area contributed by atoms with Gasteiger partial charge in [0.15, 0.2) is 0 Å². The molecule has 0 amide bonds. The average molecular weight is 283 g/mol. The quantitative estimate of drug-likeness (QED) is 0.563. The lowest BCUT2D eigenvalue weighted by atomic mass is 10.4. The van der Waals surface area contributed by atoms with Crippen LogP contribution in [0.1, 0.15) is 0 Å². The van der Waals surface area contributed by atoms with Gasteiger partial charge in [-0.1, -0.05) is 0 Å². The van der Waals surface area contributed by atoms with E-state index in [0.717, 1.165) is 0 Å². The molecule has 2 rings (SSSR count). The van der Waals surface area contributed by atoms with Crippen molar-refractivity contribution in [2.75, 3.05) is 12.1 Å². The summed E-state index contributed by atoms with van der Waals surface area (Å²) in [5, 5.41) is 0. The molecule has 0 atom stereocenters. The Morgan fingerprint density at radius 3 is 2.31 bits per heavy atom. The van der Waals surface area contributed by atoms with Crippen LogP contribution in [0.3, 0.4) is 0 Å². The van der Waals surface area contributed by atoms with Crippen LogP contribution in [0.15, 0.2) is 32.7 Å². The number of nitrogens with zero attached hydrogens (tertiary/aromatic N) is 1. The van der Waals surface area contributed by atoms with Crippen LogP contribution in [0.4, 0.5) is 0 Å². The molecule has 1 nitrogen and oxygen atoms in total. The van der Waals surface area contributed by atoms with Crippen LogP contribution in [0.5, 0.6) is 0 Å². The fourth-order valence-corrected chi connectivity index (χ4v) is 4.58. The van der Waals surface area contributed by atoms with Gasteiger partial charge in [-0.3, -0.25) is 0 Å². The summed E-state index contributed by atoms with van der Waals surface area (Å²) in [6.45, 7) is 6.76. The van der Waals surface area contributed by atoms with Gasteiger partial charge in [0.2, 0.25) is 0 Å². The minimum Gasteiger partial charge on any atom is -0.305 e. The average Bonchev–Trinajstić information content (AvgIpc) is 2.94. The molecule has 2 aromatic heterocycles. The molecule has 0 spiro atoms. The Hall–Kier alpha value is -0.410. The third-order valence-electron chi connectivity index (χ3n) is 1.88. The highest BCUT2D eigenvalue weighted by atomic mass is 32.2. The molecule has 0 aliphatic rings. The second-order valence-electron chi connectivity index (χ2n) is 2.87. The van der Waals surface area contributed by atoms with E-state index < -0.39 is 0 Å². The van der Waals surface area contributed by atoms with Crippen LogP contribution in [-0.2, 0) is 0 Å². The Bertz CT molecular complexity index is 506. The van der Waals surface area contributed by atoms with Gasteiger partial charge in [-0.2, -0.15) is 0 Å². The van der Waals surface area contributed by atoms with Gasteiger partial charge in [-0.25, -0.2) is 6.57 Å². The maximum absolute atomic E-state index is 6.76. The molecule has 0 saturated carbocycles. The Labute approximate surface area is 112 Å². The summed E-state index contributed by atoms with van der Waals surface area (Å²) in [7, 11) is 0. The molecule has 0 aromatic carbocycles. The Morgan fingerprint density at radius 2 is 1.75 bits per heavy atom. The SMILES string of the molecule is [C-]#[N+]CSc1ccc(-c2ccc(SC)s2)s1. The van der Waals surface area contributed by atoms with Gasteiger partial charge in [0.25, 0.3) is 5.88 Å². The van der Waals surface area contributed by atoms with Crippen molar-refractivity contribution in [3.8, 4) is 9.75 Å². The van der Waals surface area contributed by atoms with Crippen LogP contribution in [-0.4, -0.2) is 12.1 Å². The first kappa shape index (κ1) is 12.1. The van der Waals surface area contributed by atoms with Crippen LogP contribution >= 0.6 is 46.2 Å². The van der Waals surface area contributed by atoms with Crippen molar-refractivity contribution in [3.05, 3.63) is 35.7 Å². The predicted octanol–water partition coefficient (Wildman–Crippen LogP) is 5.17. The lowest BCUT2D eigenvalue weighted by molar-refractivity contribution is 1.69. The molecule has 0 radical (unpaired) electrons. The standard InChI is InChI=1S/C11H9NS4/c1-12-7-14-11-6-4-9(16-11)8-3-5-10(13-2)15-8/h3-6H,7H2,2H3. The highest BCUT2D eigenvalue weighted by Crippen LogP contribution is 2.39. The number of hydrogen-bond donors (Lipinski definition) is 0. The van der Waals surface area contributed by atoms with Gasteiger partial charge >= 0.3 is 0 Å². The van der Waals surface area contributed by atoms with Crippen LogP contribution < -0.4 is 0 Å². The van der Waals surface area contributed by atoms with Gasteiger partial charge in [-0.15, -0.1) is 34.4 Å². The Balaban J connectivity index is 2.15. The first-order valence-electron chi connectivity index (χ1n) is 4.53. The van der Waals surface area contributed by atoms with Crippen LogP contribution in [0.2, 0.25) is 0 Å². The fourth-order valence-electron chi connectivity index (χ4n) is 1.19. The third kappa shape index (κ3) is 2.83. The van der Waals surface area contributed by atoms with Gasteiger partial charge in [0, 0.05) is 9.75 Å². The van der Waals surface area contributed by atoms with Gasteiger partial charge in [0.05, 0.1) is 8.42 Å². The van der Waals surface area contributed by atoms with Gasteiger partial charge < -0.3 is 4.85 Å². The maximum atomic E-state index is 6.76. The predicted molar refractivity (Wildman–Crippen MR) is 76.7 cm³/mol. The van der Waals surface area contributed by atoms with Crippen molar-refractivity contribution in [2.45, 2.75) is 8.42 Å². The van der Waals surface area contributed by atoms with Crippen LogP contribution in [0, 0.1) is 6.57 Å². The topological polar surface area (TPSA) is 4.36 Å². The molecular formula is C11H9NS4. The fraction of sp³-hybridized carbons (Fsp3) is 0.182. The van der Waals surface area contributed by atoms with E-state index in [1.54, 1.807) is 34.9 Å². The molecule has 0 unspecified atom stereocenters. The van der Waals surface area contributed by atoms with Crippen LogP contribution in [0.25, 0.3) is 14.6 Å². The van der Waals surface area contributed by atoms with Crippen molar-refractivity contribution >= 4 is 46.2 Å². The normalized spacial score (nSPS) is 10.2. The van der Waals surface area contributed by atoms with E-state index in [9.17, 15) is 0 Å². The minimum absolute atomic E-state index is 0.514. The Morgan fingerprint density at radius 1 is 1.12 bits per heavy atom. The summed E-state index contributed by atoms with van der Waals surface area (Å²) in [6.07, 6.45) is 2.10. The molecule has 16 heavy (non-hydrogen) atoms. The minimum atomic E-state index is 0.514. The summed E-state index contributed by atoms with van der Waals surface area (Å²) < 4.78 is 2.57. The largest absolute Gasteiger partial charge is 0.305 e. The summed E-state index contributed by atoms with van der Waals surface area (Å²) in [5.41, 5.74) is 0. The first-order chi connectivity index (χ1) is 7.83. The molecule has 0 N–H and O–H groups in total. The molecule has 0 bridgehead atoms. The summed E-state index contributed by atoms with van der Waals surface area (Å²) in [5.74, 6) is 0.514. The summed E-state index contributed by atoms with van der Waals surface area (Å²) in [4.78, 5) is 5.98. The van der Waals surface area contributed by atoms with E-state index in [1.807, 2.05) is 11.3 Å². The lowest BCUT2D eigenvalue weighted by Crippen LogP contribution is -1.60. The van der Waals surface area contributed by atoms with Crippen molar-refractivity contribution < 1.29 is 0 Å². The van der Waals surface area contributed by atoms with E-state index in [1.165, 1.54) is 18.2 Å². The number of thioether (sulfide) groups is 2. The molecule has 0 saturated heterocycles. The molecule has 0 aliphatic carbocycles. The molecule has 82 valence electrons. The lowest BCUT2D eigenvalue weighted by Gasteiger charge is -1.89. The van der Waals surface area contributed by atoms with Crippen molar-refractivity contribution in [1.82, 2.24) is 0 Å². The molecule has 0 fully saturated rings. The van der Waals surface area contributed by atoms with Crippen molar-refractivity contribution in [1.29, 1.82) is 0 Å². The maximum Gasteiger partial charge on any atom is 0.265 e. The molecule has 2 aromatic rings. The monoisotopic (exact) mass is 283 g/mol. The van der Waals surface area contributed by atoms with Crippen molar-refractivity contribution in [2.24, 2.45) is 0 Å². The zero-order chi connectivity index (χ0) is 11.4. The second-order valence-corrected chi connectivity index (χ2v) is 7.39. The molecule has 5 heteroatoms. The second kappa shape index (κ2) is 5.78. The first-order valence-corrected chi connectivity index (χ1v) is 8.38. The van der Waals surface area contributed by atoms with Crippen molar-refractivity contribution in [3.63, 3.8) is 0 Å². The zero-order valence-electron chi connectivity index (χ0n) is 8.60. The van der Waals surface area contributed by atoms with Gasteiger partial charge in [-0.05, 0) is 42.3 Å². The van der Waals surface area contributed by atoms with E-state index in [4.69, 9.17) is 6.57 Å². The number of hydrogen-bond acceptors (Lipinski definition) is 4. The highest BCUT2D eigenvalue weighted by Gasteiger charge is 2.06.